The van der Waals surface area contributed by atoms with Gasteiger partial charge in [0.15, 0.2) is 0 Å². The van der Waals surface area contributed by atoms with Crippen molar-refractivity contribution in [1.29, 1.82) is 0 Å². The fraction of sp³-hybridized carbons (Fsp3) is 0.158. The number of hydrogen-bond acceptors (Lipinski definition) is 4. The van der Waals surface area contributed by atoms with E-state index in [1.807, 2.05) is 55.5 Å². The third-order valence-corrected chi connectivity index (χ3v) is 6.29. The van der Waals surface area contributed by atoms with Crippen molar-refractivity contribution in [3.8, 4) is 5.75 Å². The van der Waals surface area contributed by atoms with Gasteiger partial charge in [-0.1, -0.05) is 54.3 Å². The molecule has 1 aliphatic heterocycles. The summed E-state index contributed by atoms with van der Waals surface area (Å²) in [7, 11) is 0. The molecule has 1 amide bonds. The second kappa shape index (κ2) is 8.69. The molecular weight excluding hydrogens is 498 g/mol. The summed E-state index contributed by atoms with van der Waals surface area (Å²) in [5.41, 5.74) is 1.99. The lowest BCUT2D eigenvalue weighted by Gasteiger charge is -2.12. The molecule has 3 rings (SSSR count). The zero-order valence-corrected chi connectivity index (χ0v) is 18.7. The van der Waals surface area contributed by atoms with E-state index in [0.717, 1.165) is 25.8 Å². The Hall–Kier alpha value is -1.15. The van der Waals surface area contributed by atoms with Gasteiger partial charge in [-0.25, -0.2) is 0 Å². The Labute approximate surface area is 179 Å². The van der Waals surface area contributed by atoms with Gasteiger partial charge in [0.2, 0.25) is 0 Å². The minimum atomic E-state index is -0.0425. The molecule has 0 aliphatic carbocycles. The van der Waals surface area contributed by atoms with Gasteiger partial charge >= 0.3 is 0 Å². The van der Waals surface area contributed by atoms with Crippen LogP contribution in [0.4, 0.5) is 0 Å². The fourth-order valence-electron chi connectivity index (χ4n) is 2.45. The summed E-state index contributed by atoms with van der Waals surface area (Å²) in [4.78, 5) is 14.6. The van der Waals surface area contributed by atoms with Gasteiger partial charge in [-0.2, -0.15) is 0 Å². The summed E-state index contributed by atoms with van der Waals surface area (Å²) in [6.45, 7) is 2.98. The second-order valence-electron chi connectivity index (χ2n) is 5.51. The highest BCUT2D eigenvalue weighted by Gasteiger charge is 2.30. The summed E-state index contributed by atoms with van der Waals surface area (Å²) in [6, 6.07) is 13.9. The molecule has 0 bridgehead atoms. The first kappa shape index (κ1) is 19.6. The number of carbonyl (C=O) groups excluding carboxylic acids is 1. The minimum absolute atomic E-state index is 0.0425. The molecule has 7 heteroatoms. The largest absolute Gasteiger partial charge is 0.487 e. The Bertz CT molecular complexity index is 861. The molecule has 0 atom stereocenters. The van der Waals surface area contributed by atoms with Crippen molar-refractivity contribution in [1.82, 2.24) is 4.90 Å². The molecule has 1 aliphatic rings. The van der Waals surface area contributed by atoms with E-state index in [-0.39, 0.29) is 5.91 Å². The number of nitrogens with zero attached hydrogens (tertiary/aromatic N) is 1. The summed E-state index contributed by atoms with van der Waals surface area (Å²) < 4.78 is 8.18. The molecule has 0 unspecified atom stereocenters. The number of amides is 1. The lowest BCUT2D eigenvalue weighted by atomic mass is 10.2. The van der Waals surface area contributed by atoms with Crippen LogP contribution in [0.5, 0.6) is 5.75 Å². The molecule has 1 heterocycles. The zero-order valence-electron chi connectivity index (χ0n) is 13.9. The zero-order chi connectivity index (χ0) is 18.7. The number of carbonyl (C=O) groups is 1. The number of ether oxygens (including phenoxy) is 1. The molecule has 0 radical (unpaired) electrons. The van der Waals surface area contributed by atoms with Gasteiger partial charge in [-0.3, -0.25) is 9.69 Å². The van der Waals surface area contributed by atoms with Gasteiger partial charge in [-0.15, -0.1) is 0 Å². The molecule has 0 aromatic heterocycles. The van der Waals surface area contributed by atoms with E-state index in [9.17, 15) is 4.79 Å². The maximum atomic E-state index is 12.3. The fourth-order valence-corrected chi connectivity index (χ4v) is 5.29. The van der Waals surface area contributed by atoms with Crippen LogP contribution in [-0.2, 0) is 11.4 Å². The van der Waals surface area contributed by atoms with E-state index in [2.05, 4.69) is 31.9 Å². The van der Waals surface area contributed by atoms with Crippen LogP contribution >= 0.6 is 55.8 Å². The average molecular weight is 513 g/mol. The second-order valence-corrected chi connectivity index (χ2v) is 8.90. The molecule has 0 spiro atoms. The highest BCUT2D eigenvalue weighted by molar-refractivity contribution is 9.11. The van der Waals surface area contributed by atoms with Crippen LogP contribution in [0.15, 0.2) is 56.3 Å². The van der Waals surface area contributed by atoms with Crippen LogP contribution in [0.1, 0.15) is 18.1 Å². The van der Waals surface area contributed by atoms with Crippen molar-refractivity contribution in [3.63, 3.8) is 0 Å². The van der Waals surface area contributed by atoms with Crippen LogP contribution in [0.2, 0.25) is 0 Å². The van der Waals surface area contributed by atoms with Crippen LogP contribution < -0.4 is 4.74 Å². The summed E-state index contributed by atoms with van der Waals surface area (Å²) in [6.07, 6.45) is 1.85. The van der Waals surface area contributed by atoms with Crippen molar-refractivity contribution in [2.45, 2.75) is 13.5 Å². The lowest BCUT2D eigenvalue weighted by Crippen LogP contribution is -2.27. The lowest BCUT2D eigenvalue weighted by molar-refractivity contribution is -0.121. The van der Waals surface area contributed by atoms with Gasteiger partial charge in [0, 0.05) is 6.54 Å². The molecule has 2 aromatic carbocycles. The SMILES string of the molecule is CCN1C(=O)/C(=C/c2cc(Br)c(OCc3ccccc3)c(Br)c2)SC1=S. The topological polar surface area (TPSA) is 29.5 Å². The Morgan fingerprint density at radius 1 is 1.19 bits per heavy atom. The summed E-state index contributed by atoms with van der Waals surface area (Å²) >= 11 is 13.7. The predicted molar refractivity (Wildman–Crippen MR) is 118 cm³/mol. The average Bonchev–Trinajstić information content (AvgIpc) is 2.88. The maximum Gasteiger partial charge on any atom is 0.266 e. The number of hydrogen-bond donors (Lipinski definition) is 0. The molecule has 134 valence electrons. The minimum Gasteiger partial charge on any atom is -0.487 e. The molecular formula is C19H15Br2NO2S2. The smallest absolute Gasteiger partial charge is 0.266 e. The van der Waals surface area contributed by atoms with Crippen molar-refractivity contribution in [3.05, 3.63) is 67.4 Å². The maximum absolute atomic E-state index is 12.3. The van der Waals surface area contributed by atoms with Crippen molar-refractivity contribution in [2.75, 3.05) is 6.54 Å². The highest BCUT2D eigenvalue weighted by atomic mass is 79.9. The Kier molecular flexibility index (Phi) is 6.55. The Morgan fingerprint density at radius 3 is 2.42 bits per heavy atom. The normalized spacial score (nSPS) is 15.8. The monoisotopic (exact) mass is 511 g/mol. The molecule has 3 nitrogen and oxygen atoms in total. The van der Waals surface area contributed by atoms with Crippen LogP contribution in [0, 0.1) is 0 Å². The van der Waals surface area contributed by atoms with E-state index >= 15 is 0 Å². The van der Waals surface area contributed by atoms with E-state index in [1.54, 1.807) is 4.90 Å². The number of thiocarbonyl (C=S) groups is 1. The van der Waals surface area contributed by atoms with Gasteiger partial charge in [0.05, 0.1) is 13.9 Å². The number of rotatable bonds is 5. The third kappa shape index (κ3) is 4.39. The van der Waals surface area contributed by atoms with Crippen LogP contribution in [-0.4, -0.2) is 21.7 Å². The first-order valence-corrected chi connectivity index (χ1v) is 10.7. The first-order chi connectivity index (χ1) is 12.5. The molecule has 1 fully saturated rings. The number of likely N-dealkylation sites (N-methyl/N-ethyl adjacent to an activating group) is 1. The van der Waals surface area contributed by atoms with E-state index < -0.39 is 0 Å². The quantitative estimate of drug-likeness (QED) is 0.362. The number of thioether (sulfide) groups is 1. The molecule has 0 saturated carbocycles. The van der Waals surface area contributed by atoms with Gasteiger partial charge < -0.3 is 4.74 Å². The first-order valence-electron chi connectivity index (χ1n) is 7.90. The van der Waals surface area contributed by atoms with Crippen LogP contribution in [0.3, 0.4) is 0 Å². The molecule has 2 aromatic rings. The Balaban J connectivity index is 1.80. The molecule has 1 saturated heterocycles. The van der Waals surface area contributed by atoms with Crippen molar-refractivity contribution < 1.29 is 9.53 Å². The van der Waals surface area contributed by atoms with Gasteiger partial charge in [0.1, 0.15) is 16.7 Å². The number of halogens is 2. The van der Waals surface area contributed by atoms with Crippen molar-refractivity contribution >= 4 is 72.1 Å². The van der Waals surface area contributed by atoms with Gasteiger partial charge in [0.25, 0.3) is 5.91 Å². The predicted octanol–water partition coefficient (Wildman–Crippen LogP) is 6.01. The van der Waals surface area contributed by atoms with E-state index in [4.69, 9.17) is 17.0 Å². The van der Waals surface area contributed by atoms with Gasteiger partial charge in [-0.05, 0) is 68.1 Å². The van der Waals surface area contributed by atoms with Crippen molar-refractivity contribution in [2.24, 2.45) is 0 Å². The van der Waals surface area contributed by atoms with E-state index in [1.165, 1.54) is 11.8 Å². The highest BCUT2D eigenvalue weighted by Crippen LogP contribution is 2.38. The molecule has 26 heavy (non-hydrogen) atoms. The summed E-state index contributed by atoms with van der Waals surface area (Å²) in [5, 5.41) is 0. The summed E-state index contributed by atoms with van der Waals surface area (Å²) in [5.74, 6) is 0.686. The Morgan fingerprint density at radius 2 is 1.85 bits per heavy atom. The third-order valence-electron chi connectivity index (χ3n) is 3.73. The number of benzene rings is 2. The van der Waals surface area contributed by atoms with E-state index in [0.29, 0.717) is 22.4 Å². The van der Waals surface area contributed by atoms with Crippen LogP contribution in [0.25, 0.3) is 6.08 Å². The molecule has 0 N–H and O–H groups in total. The standard InChI is InChI=1S/C19H15Br2NO2S2/c1-2-22-18(23)16(26-19(22)25)10-13-8-14(20)17(15(21)9-13)24-11-12-6-4-3-5-7-12/h3-10H,2,11H2,1H3/b16-10-.